The molecule has 0 fully saturated rings. The van der Waals surface area contributed by atoms with Crippen molar-refractivity contribution in [1.82, 2.24) is 4.98 Å². The zero-order chi connectivity index (χ0) is 9.14. The summed E-state index contributed by atoms with van der Waals surface area (Å²) in [5, 5.41) is 0.947. The summed E-state index contributed by atoms with van der Waals surface area (Å²) in [7, 11) is 0. The summed E-state index contributed by atoms with van der Waals surface area (Å²) >= 11 is 1.59. The minimum Gasteiger partial charge on any atom is -0.399 e. The molecule has 0 saturated carbocycles. The monoisotopic (exact) mass is 180 g/mol. The van der Waals surface area contributed by atoms with Gasteiger partial charge in [-0.25, -0.2) is 4.98 Å². The number of nitrogens with two attached hydrogens (primary N) is 1. The third-order valence-corrected chi connectivity index (χ3v) is 2.24. The number of aromatic nitrogens is 1. The van der Waals surface area contributed by atoms with Gasteiger partial charge < -0.3 is 5.73 Å². The quantitative estimate of drug-likeness (QED) is 0.708. The normalized spacial score (nSPS) is 9.83. The first kappa shape index (κ1) is 9.13. The first-order chi connectivity index (χ1) is 5.65. The molecular weight excluding hydrogens is 168 g/mol. The molecular formula is C9H12N2S. The Kier molecular flexibility index (Phi) is 2.76. The van der Waals surface area contributed by atoms with Crippen LogP contribution in [0.15, 0.2) is 23.7 Å². The molecule has 0 amide bonds. The van der Waals surface area contributed by atoms with Crippen molar-refractivity contribution < 1.29 is 0 Å². The molecule has 12 heavy (non-hydrogen) atoms. The van der Waals surface area contributed by atoms with Crippen molar-refractivity contribution in [3.8, 4) is 0 Å². The van der Waals surface area contributed by atoms with E-state index in [9.17, 15) is 0 Å². The summed E-state index contributed by atoms with van der Waals surface area (Å²) in [4.78, 5) is 4.34. The molecule has 2 nitrogen and oxygen atoms in total. The largest absolute Gasteiger partial charge is 0.399 e. The van der Waals surface area contributed by atoms with E-state index < -0.39 is 0 Å². The van der Waals surface area contributed by atoms with Crippen molar-refractivity contribution in [2.75, 3.05) is 6.26 Å². The number of thioether (sulfide) groups is 1. The highest BCUT2D eigenvalue weighted by atomic mass is 32.2. The maximum absolute atomic E-state index is 5.59. The number of aryl methyl sites for hydroxylation is 1. The summed E-state index contributed by atoms with van der Waals surface area (Å²) in [6.45, 7) is 5.65. The summed E-state index contributed by atoms with van der Waals surface area (Å²) in [6, 6.07) is 3.89. The smallest absolute Gasteiger partial charge is 0.105 e. The van der Waals surface area contributed by atoms with Gasteiger partial charge in [-0.15, -0.1) is 11.8 Å². The molecule has 3 heteroatoms. The highest BCUT2D eigenvalue weighted by Gasteiger charge is 2.03. The van der Waals surface area contributed by atoms with Gasteiger partial charge in [0.2, 0.25) is 0 Å². The predicted molar refractivity (Wildman–Crippen MR) is 54.0 cm³/mol. The molecule has 0 unspecified atom stereocenters. The molecule has 0 aromatic carbocycles. The molecule has 0 aliphatic carbocycles. The molecule has 0 spiro atoms. The Morgan fingerprint density at radius 1 is 1.58 bits per heavy atom. The topological polar surface area (TPSA) is 38.9 Å². The van der Waals surface area contributed by atoms with E-state index in [1.807, 2.05) is 25.3 Å². The van der Waals surface area contributed by atoms with Crippen LogP contribution in [0.3, 0.4) is 0 Å². The van der Waals surface area contributed by atoms with E-state index in [1.165, 1.54) is 0 Å². The molecule has 0 atom stereocenters. The van der Waals surface area contributed by atoms with E-state index in [2.05, 4.69) is 11.6 Å². The van der Waals surface area contributed by atoms with E-state index >= 15 is 0 Å². The van der Waals surface area contributed by atoms with Gasteiger partial charge in [-0.05, 0) is 25.3 Å². The fourth-order valence-electron chi connectivity index (χ4n) is 0.933. The standard InChI is InChI=1S/C9H12N2S/c1-6-4-5-8(7(2)10)9(11-6)12-3/h4-5H,2,10H2,1,3H3. The average Bonchev–Trinajstić information content (AvgIpc) is 2.03. The lowest BCUT2D eigenvalue weighted by Crippen LogP contribution is -1.98. The van der Waals surface area contributed by atoms with Gasteiger partial charge in [-0.2, -0.15) is 0 Å². The second-order valence-electron chi connectivity index (χ2n) is 2.53. The van der Waals surface area contributed by atoms with Gasteiger partial charge in [0.05, 0.1) is 0 Å². The fourth-order valence-corrected chi connectivity index (χ4v) is 1.59. The van der Waals surface area contributed by atoms with E-state index in [0.717, 1.165) is 16.3 Å². The van der Waals surface area contributed by atoms with Crippen LogP contribution in [0.5, 0.6) is 0 Å². The maximum atomic E-state index is 5.59. The van der Waals surface area contributed by atoms with E-state index in [4.69, 9.17) is 5.73 Å². The summed E-state index contributed by atoms with van der Waals surface area (Å²) < 4.78 is 0. The Morgan fingerprint density at radius 2 is 2.25 bits per heavy atom. The van der Waals surface area contributed by atoms with Crippen molar-refractivity contribution in [1.29, 1.82) is 0 Å². The molecule has 1 aromatic heterocycles. The summed E-state index contributed by atoms with van der Waals surface area (Å²) in [5.74, 6) is 0. The second-order valence-corrected chi connectivity index (χ2v) is 3.33. The average molecular weight is 180 g/mol. The maximum Gasteiger partial charge on any atom is 0.105 e. The zero-order valence-electron chi connectivity index (χ0n) is 7.29. The van der Waals surface area contributed by atoms with Gasteiger partial charge in [0.25, 0.3) is 0 Å². The van der Waals surface area contributed by atoms with Crippen LogP contribution < -0.4 is 5.73 Å². The van der Waals surface area contributed by atoms with Gasteiger partial charge in [0.15, 0.2) is 0 Å². The van der Waals surface area contributed by atoms with Crippen LogP contribution in [-0.2, 0) is 0 Å². The number of pyridine rings is 1. The predicted octanol–water partition coefficient (Wildman–Crippen LogP) is 2.04. The van der Waals surface area contributed by atoms with Gasteiger partial charge in [-0.3, -0.25) is 0 Å². The first-order valence-electron chi connectivity index (χ1n) is 3.61. The molecule has 0 radical (unpaired) electrons. The zero-order valence-corrected chi connectivity index (χ0v) is 8.11. The Balaban J connectivity index is 3.20. The van der Waals surface area contributed by atoms with E-state index in [0.29, 0.717) is 5.70 Å². The lowest BCUT2D eigenvalue weighted by molar-refractivity contribution is 1.05. The first-order valence-corrected chi connectivity index (χ1v) is 4.84. The number of hydrogen-bond donors (Lipinski definition) is 1. The van der Waals surface area contributed by atoms with E-state index in [-0.39, 0.29) is 0 Å². The van der Waals surface area contributed by atoms with Crippen LogP contribution >= 0.6 is 11.8 Å². The van der Waals surface area contributed by atoms with Gasteiger partial charge in [0.1, 0.15) is 5.03 Å². The highest BCUT2D eigenvalue weighted by Crippen LogP contribution is 2.21. The summed E-state index contributed by atoms with van der Waals surface area (Å²) in [6.07, 6.45) is 1.98. The number of rotatable bonds is 2. The van der Waals surface area contributed by atoms with Crippen LogP contribution in [0.25, 0.3) is 5.70 Å². The molecule has 1 rings (SSSR count). The molecule has 2 N–H and O–H groups in total. The molecule has 0 aliphatic heterocycles. The van der Waals surface area contributed by atoms with Crippen LogP contribution in [-0.4, -0.2) is 11.2 Å². The Morgan fingerprint density at radius 3 is 2.75 bits per heavy atom. The van der Waals surface area contributed by atoms with Crippen molar-refractivity contribution in [2.24, 2.45) is 5.73 Å². The molecule has 1 heterocycles. The van der Waals surface area contributed by atoms with Crippen molar-refractivity contribution in [3.05, 3.63) is 30.0 Å². The van der Waals surface area contributed by atoms with E-state index in [1.54, 1.807) is 11.8 Å². The molecule has 0 aliphatic rings. The van der Waals surface area contributed by atoms with Crippen LogP contribution in [0.4, 0.5) is 0 Å². The number of nitrogens with zero attached hydrogens (tertiary/aromatic N) is 1. The van der Waals surface area contributed by atoms with Crippen molar-refractivity contribution in [3.63, 3.8) is 0 Å². The SMILES string of the molecule is C=C(N)c1ccc(C)nc1SC. The fraction of sp³-hybridized carbons (Fsp3) is 0.222. The van der Waals surface area contributed by atoms with Crippen LogP contribution in [0.2, 0.25) is 0 Å². The molecule has 64 valence electrons. The molecule has 1 aromatic rings. The van der Waals surface area contributed by atoms with Crippen LogP contribution in [0.1, 0.15) is 11.3 Å². The number of hydrogen-bond acceptors (Lipinski definition) is 3. The minimum atomic E-state index is 0.576. The lowest BCUT2D eigenvalue weighted by Gasteiger charge is -2.05. The second kappa shape index (κ2) is 3.63. The Bertz CT molecular complexity index is 307. The Labute approximate surface area is 76.9 Å². The third-order valence-electron chi connectivity index (χ3n) is 1.54. The minimum absolute atomic E-state index is 0.576. The van der Waals surface area contributed by atoms with Crippen LogP contribution in [0, 0.1) is 6.92 Å². The van der Waals surface area contributed by atoms with Gasteiger partial charge in [-0.1, -0.05) is 6.58 Å². The highest BCUT2D eigenvalue weighted by molar-refractivity contribution is 7.98. The summed E-state index contributed by atoms with van der Waals surface area (Å²) in [5.41, 5.74) is 8.11. The third kappa shape index (κ3) is 1.80. The lowest BCUT2D eigenvalue weighted by atomic mass is 10.2. The molecule has 0 saturated heterocycles. The van der Waals surface area contributed by atoms with Crippen molar-refractivity contribution in [2.45, 2.75) is 11.9 Å². The van der Waals surface area contributed by atoms with Gasteiger partial charge >= 0.3 is 0 Å². The van der Waals surface area contributed by atoms with Crippen molar-refractivity contribution >= 4 is 17.5 Å². The Hall–Kier alpha value is -0.960. The molecule has 0 bridgehead atoms. The van der Waals surface area contributed by atoms with Gasteiger partial charge in [0, 0.05) is 17.0 Å².